The molecule has 1 fully saturated rings. The number of nitrogens with one attached hydrogen (secondary N) is 1. The average molecular weight is 280 g/mol. The quantitative estimate of drug-likeness (QED) is 0.801. The van der Waals surface area contributed by atoms with Gasteiger partial charge in [-0.2, -0.15) is 0 Å². The Morgan fingerprint density at radius 2 is 1.84 bits per heavy atom. The fourth-order valence-corrected chi connectivity index (χ4v) is 3.80. The van der Waals surface area contributed by atoms with Crippen LogP contribution >= 0.6 is 11.6 Å². The van der Waals surface area contributed by atoms with Crippen LogP contribution in [0.15, 0.2) is 24.3 Å². The smallest absolute Gasteiger partial charge is 0.0406 e. The van der Waals surface area contributed by atoms with Crippen molar-refractivity contribution in [3.8, 4) is 0 Å². The molecule has 0 amide bonds. The second-order valence-corrected chi connectivity index (χ2v) is 7.49. The van der Waals surface area contributed by atoms with Crippen LogP contribution in [0.25, 0.3) is 0 Å². The Labute approximate surface area is 122 Å². The van der Waals surface area contributed by atoms with Gasteiger partial charge in [0, 0.05) is 17.1 Å². The summed E-state index contributed by atoms with van der Waals surface area (Å²) in [7, 11) is 0. The summed E-state index contributed by atoms with van der Waals surface area (Å²) in [4.78, 5) is 0. The second kappa shape index (κ2) is 5.85. The Balaban J connectivity index is 1.98. The van der Waals surface area contributed by atoms with Gasteiger partial charge in [-0.05, 0) is 55.2 Å². The summed E-state index contributed by atoms with van der Waals surface area (Å²) in [6, 6.07) is 9.22. The van der Waals surface area contributed by atoms with E-state index in [0.717, 1.165) is 10.9 Å². The van der Waals surface area contributed by atoms with E-state index in [1.807, 2.05) is 12.1 Å². The van der Waals surface area contributed by atoms with Crippen LogP contribution in [0.4, 0.5) is 0 Å². The molecule has 3 atom stereocenters. The summed E-state index contributed by atoms with van der Waals surface area (Å²) in [6.07, 6.45) is 3.91. The molecule has 0 saturated heterocycles. The van der Waals surface area contributed by atoms with Crippen molar-refractivity contribution in [3.05, 3.63) is 34.9 Å². The van der Waals surface area contributed by atoms with Gasteiger partial charge in [0.1, 0.15) is 0 Å². The molecule has 106 valence electrons. The Hall–Kier alpha value is -0.530. The van der Waals surface area contributed by atoms with Crippen molar-refractivity contribution in [2.75, 3.05) is 0 Å². The van der Waals surface area contributed by atoms with E-state index in [2.05, 4.69) is 45.1 Å². The van der Waals surface area contributed by atoms with Gasteiger partial charge in [-0.3, -0.25) is 0 Å². The van der Waals surface area contributed by atoms with Gasteiger partial charge < -0.3 is 5.32 Å². The summed E-state index contributed by atoms with van der Waals surface area (Å²) in [5.74, 6) is 0.818. The van der Waals surface area contributed by atoms with E-state index in [1.54, 1.807) is 0 Å². The highest BCUT2D eigenvalue weighted by Gasteiger charge is 2.32. The van der Waals surface area contributed by atoms with Crippen molar-refractivity contribution in [3.63, 3.8) is 0 Å². The van der Waals surface area contributed by atoms with E-state index >= 15 is 0 Å². The van der Waals surface area contributed by atoms with Gasteiger partial charge in [0.2, 0.25) is 0 Å². The fourth-order valence-electron chi connectivity index (χ4n) is 3.67. The summed E-state index contributed by atoms with van der Waals surface area (Å²) < 4.78 is 0. The van der Waals surface area contributed by atoms with Gasteiger partial charge >= 0.3 is 0 Å². The highest BCUT2D eigenvalue weighted by Crippen LogP contribution is 2.39. The Morgan fingerprint density at radius 1 is 1.21 bits per heavy atom. The Morgan fingerprint density at radius 3 is 2.42 bits per heavy atom. The summed E-state index contributed by atoms with van der Waals surface area (Å²) >= 11 is 5.94. The number of benzene rings is 1. The molecule has 1 aliphatic carbocycles. The van der Waals surface area contributed by atoms with Crippen LogP contribution in [0.3, 0.4) is 0 Å². The van der Waals surface area contributed by atoms with Gasteiger partial charge in [0.25, 0.3) is 0 Å². The molecule has 1 N–H and O–H groups in total. The SMILES string of the molecule is CC1CC(NC(C)c2ccc(Cl)cc2)CC(C)(C)C1. The zero-order chi connectivity index (χ0) is 14.0. The maximum atomic E-state index is 5.94. The number of hydrogen-bond acceptors (Lipinski definition) is 1. The third-order valence-corrected chi connectivity index (χ3v) is 4.49. The Bertz CT molecular complexity index is 410. The van der Waals surface area contributed by atoms with E-state index in [-0.39, 0.29) is 0 Å². The van der Waals surface area contributed by atoms with E-state index in [0.29, 0.717) is 17.5 Å². The molecular weight excluding hydrogens is 254 g/mol. The molecular formula is C17H26ClN. The third-order valence-electron chi connectivity index (χ3n) is 4.24. The first-order valence-corrected chi connectivity index (χ1v) is 7.75. The molecule has 1 saturated carbocycles. The van der Waals surface area contributed by atoms with Gasteiger partial charge in [0.15, 0.2) is 0 Å². The largest absolute Gasteiger partial charge is 0.307 e. The molecule has 1 aliphatic rings. The normalized spacial score (nSPS) is 28.1. The van der Waals surface area contributed by atoms with Crippen molar-refractivity contribution in [2.24, 2.45) is 11.3 Å². The molecule has 0 aromatic heterocycles. The van der Waals surface area contributed by atoms with Crippen LogP contribution < -0.4 is 5.32 Å². The van der Waals surface area contributed by atoms with Crippen molar-refractivity contribution in [1.82, 2.24) is 5.32 Å². The molecule has 2 heteroatoms. The first kappa shape index (κ1) is 14.9. The highest BCUT2D eigenvalue weighted by atomic mass is 35.5. The zero-order valence-corrected chi connectivity index (χ0v) is 13.3. The van der Waals surface area contributed by atoms with Crippen molar-refractivity contribution in [1.29, 1.82) is 0 Å². The first-order valence-electron chi connectivity index (χ1n) is 7.37. The van der Waals surface area contributed by atoms with Crippen molar-refractivity contribution < 1.29 is 0 Å². The lowest BCUT2D eigenvalue weighted by Gasteiger charge is -2.40. The van der Waals surface area contributed by atoms with Crippen LogP contribution in [0.1, 0.15) is 58.6 Å². The van der Waals surface area contributed by atoms with E-state index in [9.17, 15) is 0 Å². The third kappa shape index (κ3) is 4.22. The fraction of sp³-hybridized carbons (Fsp3) is 0.647. The second-order valence-electron chi connectivity index (χ2n) is 7.05. The minimum Gasteiger partial charge on any atom is -0.307 e. The predicted molar refractivity (Wildman–Crippen MR) is 83.6 cm³/mol. The van der Waals surface area contributed by atoms with Gasteiger partial charge in [-0.15, -0.1) is 0 Å². The van der Waals surface area contributed by atoms with Crippen LogP contribution in [-0.2, 0) is 0 Å². The van der Waals surface area contributed by atoms with E-state index in [1.165, 1.54) is 24.8 Å². The molecule has 19 heavy (non-hydrogen) atoms. The van der Waals surface area contributed by atoms with Crippen molar-refractivity contribution >= 4 is 11.6 Å². The lowest BCUT2D eigenvalue weighted by Crippen LogP contribution is -2.41. The van der Waals surface area contributed by atoms with Gasteiger partial charge in [0.05, 0.1) is 0 Å². The Kier molecular flexibility index (Phi) is 4.58. The molecule has 0 aliphatic heterocycles. The number of hydrogen-bond donors (Lipinski definition) is 1. The van der Waals surface area contributed by atoms with Crippen molar-refractivity contribution in [2.45, 2.75) is 59.0 Å². The topological polar surface area (TPSA) is 12.0 Å². The molecule has 2 rings (SSSR count). The lowest BCUT2D eigenvalue weighted by atomic mass is 9.70. The zero-order valence-electron chi connectivity index (χ0n) is 12.5. The van der Waals surface area contributed by atoms with Crippen LogP contribution in [0.5, 0.6) is 0 Å². The molecule has 0 bridgehead atoms. The molecule has 0 radical (unpaired) electrons. The first-order chi connectivity index (χ1) is 8.85. The van der Waals surface area contributed by atoms with Crippen LogP contribution in [0.2, 0.25) is 5.02 Å². The minimum absolute atomic E-state index is 0.392. The molecule has 3 unspecified atom stereocenters. The number of rotatable bonds is 3. The van der Waals surface area contributed by atoms with E-state index in [4.69, 9.17) is 11.6 Å². The summed E-state index contributed by atoms with van der Waals surface area (Å²) in [6.45, 7) is 9.41. The maximum absolute atomic E-state index is 5.94. The average Bonchev–Trinajstić information content (AvgIpc) is 2.26. The molecule has 0 heterocycles. The molecule has 0 spiro atoms. The maximum Gasteiger partial charge on any atom is 0.0406 e. The summed E-state index contributed by atoms with van der Waals surface area (Å²) in [5.41, 5.74) is 1.79. The molecule has 1 aromatic rings. The monoisotopic (exact) mass is 279 g/mol. The standard InChI is InChI=1S/C17H26ClN/c1-12-9-16(11-17(3,4)10-12)19-13(2)14-5-7-15(18)8-6-14/h5-8,12-13,16,19H,9-11H2,1-4H3. The minimum atomic E-state index is 0.392. The number of halogens is 1. The molecule has 1 nitrogen and oxygen atoms in total. The highest BCUT2D eigenvalue weighted by molar-refractivity contribution is 6.30. The lowest BCUT2D eigenvalue weighted by molar-refractivity contribution is 0.145. The summed E-state index contributed by atoms with van der Waals surface area (Å²) in [5, 5.41) is 4.61. The van der Waals surface area contributed by atoms with Crippen LogP contribution in [0, 0.1) is 11.3 Å². The van der Waals surface area contributed by atoms with Gasteiger partial charge in [-0.25, -0.2) is 0 Å². The molecule has 1 aromatic carbocycles. The van der Waals surface area contributed by atoms with Gasteiger partial charge in [-0.1, -0.05) is 44.5 Å². The van der Waals surface area contributed by atoms with Crippen LogP contribution in [-0.4, -0.2) is 6.04 Å². The predicted octanol–water partition coefficient (Wildman–Crippen LogP) is 5.21. The van der Waals surface area contributed by atoms with E-state index < -0.39 is 0 Å².